The highest BCUT2D eigenvalue weighted by Crippen LogP contribution is 2.45. The summed E-state index contributed by atoms with van der Waals surface area (Å²) in [6, 6.07) is 15.2. The lowest BCUT2D eigenvalue weighted by Gasteiger charge is -2.35. The monoisotopic (exact) mass is 715 g/mol. The normalized spacial score (nSPS) is 15.9. The van der Waals surface area contributed by atoms with Gasteiger partial charge in [-0.25, -0.2) is 4.98 Å². The molecule has 53 heavy (non-hydrogen) atoms. The molecule has 0 atom stereocenters. The fraction of sp³-hybridized carbons (Fsp3) is 0.351. The number of amides is 3. The number of hydrogen-bond donors (Lipinski definition) is 4. The van der Waals surface area contributed by atoms with Gasteiger partial charge in [0, 0.05) is 70.2 Å². The molecule has 7 heterocycles. The number of aromatic nitrogens is 7. The van der Waals surface area contributed by atoms with Crippen molar-refractivity contribution >= 4 is 40.6 Å². The average Bonchev–Trinajstić information content (AvgIpc) is 3.99. The van der Waals surface area contributed by atoms with Crippen LogP contribution in [0.1, 0.15) is 74.6 Å². The van der Waals surface area contributed by atoms with E-state index < -0.39 is 11.8 Å². The third-order valence-corrected chi connectivity index (χ3v) is 10.2. The van der Waals surface area contributed by atoms with Crippen molar-refractivity contribution in [2.45, 2.75) is 44.8 Å². The molecule has 0 saturated carbocycles. The number of fused-ring (bicyclic) bond motifs is 3. The number of pyridine rings is 1. The molecule has 16 heteroatoms. The van der Waals surface area contributed by atoms with Gasteiger partial charge in [0.2, 0.25) is 0 Å². The van der Waals surface area contributed by atoms with Crippen LogP contribution in [0.25, 0.3) is 11.1 Å². The molecule has 5 aromatic rings. The first-order valence-corrected chi connectivity index (χ1v) is 17.9. The van der Waals surface area contributed by atoms with Crippen LogP contribution in [0.3, 0.4) is 0 Å². The topological polar surface area (TPSA) is 182 Å². The van der Waals surface area contributed by atoms with Crippen LogP contribution < -0.4 is 20.9 Å². The van der Waals surface area contributed by atoms with Gasteiger partial charge < -0.3 is 25.8 Å². The largest absolute Gasteiger partial charge is 0.366 e. The summed E-state index contributed by atoms with van der Waals surface area (Å²) >= 11 is 0. The van der Waals surface area contributed by atoms with E-state index in [0.717, 1.165) is 85.8 Å². The van der Waals surface area contributed by atoms with Crippen LogP contribution in [0.15, 0.2) is 60.9 Å². The zero-order valence-corrected chi connectivity index (χ0v) is 29.7. The van der Waals surface area contributed by atoms with Gasteiger partial charge in [-0.1, -0.05) is 18.2 Å². The summed E-state index contributed by atoms with van der Waals surface area (Å²) in [5.41, 5.74) is 7.16. The molecule has 0 aliphatic carbocycles. The Balaban J connectivity index is 0.982. The Morgan fingerprint density at radius 3 is 2.51 bits per heavy atom. The van der Waals surface area contributed by atoms with Crippen LogP contribution in [0, 0.1) is 0 Å². The third kappa shape index (κ3) is 6.80. The molecule has 3 amide bonds. The van der Waals surface area contributed by atoms with Gasteiger partial charge in [0.25, 0.3) is 17.7 Å². The molecule has 0 unspecified atom stereocenters. The number of hydrogen-bond acceptors (Lipinski definition) is 11. The first-order chi connectivity index (χ1) is 25.9. The third-order valence-electron chi connectivity index (χ3n) is 10.2. The van der Waals surface area contributed by atoms with Gasteiger partial charge in [-0.15, -0.1) is 10.2 Å². The van der Waals surface area contributed by atoms with Gasteiger partial charge in [-0.2, -0.15) is 10.2 Å². The van der Waals surface area contributed by atoms with Crippen LogP contribution in [0.5, 0.6) is 0 Å². The fourth-order valence-electron chi connectivity index (χ4n) is 7.53. The predicted octanol–water partition coefficient (Wildman–Crippen LogP) is 3.84. The summed E-state index contributed by atoms with van der Waals surface area (Å²) in [6.07, 6.45) is 7.47. The summed E-state index contributed by atoms with van der Waals surface area (Å²) < 4.78 is 2.20. The summed E-state index contributed by atoms with van der Waals surface area (Å²) in [7, 11) is 3.57. The Bertz CT molecular complexity index is 2150. The van der Waals surface area contributed by atoms with Gasteiger partial charge in [0.15, 0.2) is 11.5 Å². The van der Waals surface area contributed by atoms with E-state index >= 15 is 0 Å². The van der Waals surface area contributed by atoms with Crippen LogP contribution in [-0.2, 0) is 13.1 Å². The van der Waals surface area contributed by atoms with E-state index in [9.17, 15) is 14.4 Å². The van der Waals surface area contributed by atoms with Crippen molar-refractivity contribution in [3.8, 4) is 11.1 Å². The Hall–Kier alpha value is -6.16. The zero-order chi connectivity index (χ0) is 36.5. The Kier molecular flexibility index (Phi) is 9.26. The van der Waals surface area contributed by atoms with Crippen molar-refractivity contribution in [3.05, 3.63) is 89.4 Å². The number of benzene rings is 1. The number of rotatable bonds is 9. The quantitative estimate of drug-likeness (QED) is 0.174. The fourth-order valence-corrected chi connectivity index (χ4v) is 7.53. The van der Waals surface area contributed by atoms with Gasteiger partial charge in [-0.3, -0.25) is 29.1 Å². The lowest BCUT2D eigenvalue weighted by atomic mass is 9.97. The number of piperidine rings is 1. The molecule has 8 rings (SSSR count). The van der Waals surface area contributed by atoms with E-state index in [2.05, 4.69) is 56.9 Å². The van der Waals surface area contributed by atoms with E-state index in [1.807, 2.05) is 48.5 Å². The number of H-pyrrole nitrogens is 1. The van der Waals surface area contributed by atoms with E-state index in [-0.39, 0.29) is 29.2 Å². The van der Waals surface area contributed by atoms with Crippen molar-refractivity contribution in [1.29, 1.82) is 0 Å². The van der Waals surface area contributed by atoms with Crippen molar-refractivity contribution in [2.24, 2.45) is 0 Å². The molecule has 0 bridgehead atoms. The first-order valence-electron chi connectivity index (χ1n) is 17.9. The number of carbonyl (C=O) groups is 3. The number of nitrogens with zero attached hydrogens (tertiary/aromatic N) is 9. The average molecular weight is 716 g/mol. The second kappa shape index (κ2) is 14.5. The minimum atomic E-state index is -0.435. The Morgan fingerprint density at radius 1 is 0.925 bits per heavy atom. The highest BCUT2D eigenvalue weighted by molar-refractivity contribution is 6.04. The molecular formula is C37H41N13O3. The maximum atomic E-state index is 12.9. The zero-order valence-electron chi connectivity index (χ0n) is 29.7. The summed E-state index contributed by atoms with van der Waals surface area (Å²) in [6.45, 7) is 4.80. The summed E-state index contributed by atoms with van der Waals surface area (Å²) in [5.74, 6) is -0.651. The van der Waals surface area contributed by atoms with Gasteiger partial charge in [-0.05, 0) is 49.9 Å². The minimum Gasteiger partial charge on any atom is -0.366 e. The first kappa shape index (κ1) is 34.0. The highest BCUT2D eigenvalue weighted by atomic mass is 16.2. The molecule has 4 N–H and O–H groups in total. The predicted molar refractivity (Wildman–Crippen MR) is 198 cm³/mol. The van der Waals surface area contributed by atoms with Crippen molar-refractivity contribution < 1.29 is 14.4 Å². The number of nitrogens with one attached hydrogen (secondary N) is 4. The van der Waals surface area contributed by atoms with Crippen LogP contribution in [-0.4, -0.2) is 103 Å². The van der Waals surface area contributed by atoms with Gasteiger partial charge in [0.05, 0.1) is 47.2 Å². The lowest BCUT2D eigenvalue weighted by Crippen LogP contribution is -2.36. The van der Waals surface area contributed by atoms with E-state index in [4.69, 9.17) is 10.1 Å². The van der Waals surface area contributed by atoms with Gasteiger partial charge >= 0.3 is 0 Å². The molecule has 0 spiro atoms. The van der Waals surface area contributed by atoms with E-state index in [1.54, 1.807) is 12.1 Å². The molecule has 272 valence electrons. The van der Waals surface area contributed by atoms with Crippen molar-refractivity contribution in [1.82, 2.24) is 50.3 Å². The number of aromatic amines is 1. The maximum Gasteiger partial charge on any atom is 0.274 e. The van der Waals surface area contributed by atoms with E-state index in [1.165, 1.54) is 13.2 Å². The van der Waals surface area contributed by atoms with Gasteiger partial charge in [0.1, 0.15) is 11.4 Å². The Labute approximate surface area is 306 Å². The molecule has 4 aromatic heterocycles. The van der Waals surface area contributed by atoms with Crippen molar-refractivity contribution in [2.75, 3.05) is 55.8 Å². The molecular weight excluding hydrogens is 674 g/mol. The molecule has 2 fully saturated rings. The van der Waals surface area contributed by atoms with Crippen molar-refractivity contribution in [3.63, 3.8) is 0 Å². The number of para-hydroxylation sites is 1. The molecule has 2 saturated heterocycles. The Morgan fingerprint density at radius 2 is 1.74 bits per heavy atom. The summed E-state index contributed by atoms with van der Waals surface area (Å²) in [4.78, 5) is 49.6. The number of carbonyl (C=O) groups excluding carboxylic acids is 3. The van der Waals surface area contributed by atoms with E-state index in [0.29, 0.717) is 24.5 Å². The smallest absolute Gasteiger partial charge is 0.274 e. The number of anilines is 4. The van der Waals surface area contributed by atoms with Crippen LogP contribution in [0.2, 0.25) is 0 Å². The standard InChI is InChI=1S/C37H41N13O3/c1-38-36(52)33-30(19-32(45-46-33)43-35(51)28-11-14-39-44-28)42-27-9-6-8-25-26-20-40-50(31(26)22-47(2)34(25)27)24-12-17-48(18-13-24)21-23-7-5-10-29(41-23)37(53)49-15-3-4-16-49/h5-11,14,19-20,24H,3-4,12-13,15-18,21-22H2,1-2H3,(H,38,52)(H,39,44)(H2,42,43,45,51). The second-order valence-electron chi connectivity index (χ2n) is 13.6. The minimum absolute atomic E-state index is 0.0327. The lowest BCUT2D eigenvalue weighted by molar-refractivity contribution is 0.0785. The molecule has 3 aliphatic rings. The van der Waals surface area contributed by atoms with Crippen LogP contribution >= 0.6 is 0 Å². The highest BCUT2D eigenvalue weighted by Gasteiger charge is 2.31. The number of likely N-dealkylation sites (tertiary alicyclic amines) is 2. The van der Waals surface area contributed by atoms with Crippen LogP contribution in [0.4, 0.5) is 22.9 Å². The molecule has 1 aromatic carbocycles. The SMILES string of the molecule is CNC(=O)c1nnc(NC(=O)c2ccn[nH]2)cc1Nc1cccc2c1N(C)Cc1c-2cnn1C1CCN(Cc2cccc(C(=O)N3CCCC3)n2)CC1. The summed E-state index contributed by atoms with van der Waals surface area (Å²) in [5, 5.41) is 28.3. The molecule has 0 radical (unpaired) electrons. The molecule has 16 nitrogen and oxygen atoms in total. The maximum absolute atomic E-state index is 12.9. The second-order valence-corrected chi connectivity index (χ2v) is 13.6. The molecule has 3 aliphatic heterocycles.